The molecule has 0 amide bonds. The Morgan fingerprint density at radius 3 is 2.50 bits per heavy atom. The summed E-state index contributed by atoms with van der Waals surface area (Å²) in [5.74, 6) is 0.687. The fourth-order valence-electron chi connectivity index (χ4n) is 1.75. The van der Waals surface area contributed by atoms with E-state index in [0.29, 0.717) is 5.92 Å². The summed E-state index contributed by atoms with van der Waals surface area (Å²) < 4.78 is 0. The van der Waals surface area contributed by atoms with E-state index in [1.165, 1.54) is 24.9 Å². The average Bonchev–Trinajstić information content (AvgIpc) is 2.45. The van der Waals surface area contributed by atoms with E-state index >= 15 is 0 Å². The quantitative estimate of drug-likeness (QED) is 0.785. The predicted molar refractivity (Wildman–Crippen MR) is 71.8 cm³/mol. The highest BCUT2D eigenvalue weighted by Crippen LogP contribution is 2.21. The summed E-state index contributed by atoms with van der Waals surface area (Å²) in [6.45, 7) is 10.3. The number of pyridine rings is 1. The second-order valence-corrected chi connectivity index (χ2v) is 3.33. The Labute approximate surface area is 100 Å². The Kier molecular flexibility index (Phi) is 10.0. The third-order valence-corrected chi connectivity index (χ3v) is 2.45. The molecule has 1 unspecified atom stereocenters. The lowest BCUT2D eigenvalue weighted by atomic mass is 9.93. The molecule has 92 valence electrons. The zero-order valence-electron chi connectivity index (χ0n) is 11.2. The first-order valence-corrected chi connectivity index (χ1v) is 6.57. The second-order valence-electron chi connectivity index (χ2n) is 3.33. The Morgan fingerprint density at radius 2 is 2.00 bits per heavy atom. The zero-order chi connectivity index (χ0) is 12.2. The fourth-order valence-corrected chi connectivity index (χ4v) is 1.75. The fraction of sp³-hybridized carbons (Fsp3) is 0.643. The van der Waals surface area contributed by atoms with Crippen LogP contribution in [0.3, 0.4) is 0 Å². The van der Waals surface area contributed by atoms with E-state index < -0.39 is 0 Å². The maximum atomic E-state index is 4.13. The molecule has 1 atom stereocenters. The average molecular weight is 222 g/mol. The second kappa shape index (κ2) is 10.6. The number of rotatable bonds is 1. The molecule has 1 saturated heterocycles. The van der Waals surface area contributed by atoms with Gasteiger partial charge in [0.05, 0.1) is 0 Å². The lowest BCUT2D eigenvalue weighted by Gasteiger charge is -2.22. The minimum Gasteiger partial charge on any atom is -0.316 e. The molecule has 1 aromatic heterocycles. The van der Waals surface area contributed by atoms with E-state index in [9.17, 15) is 0 Å². The van der Waals surface area contributed by atoms with Gasteiger partial charge in [0.2, 0.25) is 0 Å². The van der Waals surface area contributed by atoms with Crippen LogP contribution in [0.15, 0.2) is 24.5 Å². The van der Waals surface area contributed by atoms with E-state index in [2.05, 4.69) is 16.4 Å². The van der Waals surface area contributed by atoms with Crippen LogP contribution in [0.25, 0.3) is 0 Å². The topological polar surface area (TPSA) is 24.9 Å². The molecule has 1 N–H and O–H groups in total. The van der Waals surface area contributed by atoms with Gasteiger partial charge in [-0.1, -0.05) is 33.8 Å². The smallest absolute Gasteiger partial charge is 0.0303 e. The van der Waals surface area contributed by atoms with Gasteiger partial charge in [0.25, 0.3) is 0 Å². The van der Waals surface area contributed by atoms with Crippen LogP contribution in [-0.4, -0.2) is 18.1 Å². The normalized spacial score (nSPS) is 18.6. The summed E-state index contributed by atoms with van der Waals surface area (Å²) in [6.07, 6.45) is 6.41. The van der Waals surface area contributed by atoms with Crippen molar-refractivity contribution in [2.24, 2.45) is 0 Å². The molecule has 1 aromatic rings. The van der Waals surface area contributed by atoms with Gasteiger partial charge in [-0.2, -0.15) is 0 Å². The first-order chi connectivity index (χ1) is 7.97. The van der Waals surface area contributed by atoms with Gasteiger partial charge in [-0.3, -0.25) is 4.98 Å². The highest BCUT2D eigenvalue weighted by atomic mass is 14.9. The molecule has 2 heteroatoms. The van der Waals surface area contributed by atoms with Gasteiger partial charge < -0.3 is 5.32 Å². The van der Waals surface area contributed by atoms with Crippen LogP contribution < -0.4 is 5.32 Å². The molecule has 0 saturated carbocycles. The van der Waals surface area contributed by atoms with Crippen molar-refractivity contribution < 1.29 is 0 Å². The summed E-state index contributed by atoms with van der Waals surface area (Å²) in [5.41, 5.74) is 1.38. The summed E-state index contributed by atoms with van der Waals surface area (Å²) in [4.78, 5) is 4.13. The highest BCUT2D eigenvalue weighted by Gasteiger charge is 2.14. The van der Waals surface area contributed by atoms with Crippen molar-refractivity contribution in [3.05, 3.63) is 30.1 Å². The van der Waals surface area contributed by atoms with Crippen molar-refractivity contribution in [3.8, 4) is 0 Å². The van der Waals surface area contributed by atoms with Crippen LogP contribution in [0, 0.1) is 0 Å². The first kappa shape index (κ1) is 15.1. The first-order valence-electron chi connectivity index (χ1n) is 6.57. The molecular formula is C14H26N2. The van der Waals surface area contributed by atoms with E-state index in [1.807, 2.05) is 46.2 Å². The molecule has 2 nitrogen and oxygen atoms in total. The van der Waals surface area contributed by atoms with Gasteiger partial charge in [0, 0.05) is 18.9 Å². The van der Waals surface area contributed by atoms with Crippen molar-refractivity contribution >= 4 is 0 Å². The van der Waals surface area contributed by atoms with Crippen LogP contribution in [0.2, 0.25) is 0 Å². The summed E-state index contributed by atoms with van der Waals surface area (Å²) >= 11 is 0. The summed E-state index contributed by atoms with van der Waals surface area (Å²) in [6, 6.07) is 4.19. The lowest BCUT2D eigenvalue weighted by Crippen LogP contribution is -2.28. The third-order valence-electron chi connectivity index (χ3n) is 2.45. The molecule has 2 heterocycles. The van der Waals surface area contributed by atoms with Gasteiger partial charge in [-0.25, -0.2) is 0 Å². The molecule has 16 heavy (non-hydrogen) atoms. The lowest BCUT2D eigenvalue weighted by molar-refractivity contribution is 0.461. The van der Waals surface area contributed by atoms with Crippen molar-refractivity contribution in [1.29, 1.82) is 0 Å². The van der Waals surface area contributed by atoms with Gasteiger partial charge in [-0.15, -0.1) is 0 Å². The Morgan fingerprint density at radius 1 is 1.25 bits per heavy atom. The molecule has 0 spiro atoms. The number of hydrogen-bond donors (Lipinski definition) is 1. The molecule has 0 aliphatic carbocycles. The Hall–Kier alpha value is -0.890. The Bertz CT molecular complexity index is 228. The van der Waals surface area contributed by atoms with Crippen LogP contribution in [0.4, 0.5) is 0 Å². The van der Waals surface area contributed by atoms with E-state index in [1.54, 1.807) is 0 Å². The SMILES string of the molecule is CC.CC.c1cncc(C2CCCNC2)c1. The van der Waals surface area contributed by atoms with E-state index in [-0.39, 0.29) is 0 Å². The number of nitrogens with one attached hydrogen (secondary N) is 1. The maximum absolute atomic E-state index is 4.13. The molecule has 2 rings (SSSR count). The number of aromatic nitrogens is 1. The monoisotopic (exact) mass is 222 g/mol. The zero-order valence-corrected chi connectivity index (χ0v) is 11.2. The molecule has 1 aliphatic rings. The minimum atomic E-state index is 0.687. The van der Waals surface area contributed by atoms with Crippen LogP contribution in [0.5, 0.6) is 0 Å². The highest BCUT2D eigenvalue weighted by molar-refractivity contribution is 5.15. The van der Waals surface area contributed by atoms with Crippen molar-refractivity contribution in [3.63, 3.8) is 0 Å². The Balaban J connectivity index is 0.000000509. The summed E-state index contributed by atoms with van der Waals surface area (Å²) in [5, 5.41) is 3.41. The molecule has 1 fully saturated rings. The van der Waals surface area contributed by atoms with Gasteiger partial charge >= 0.3 is 0 Å². The standard InChI is InChI=1S/C10H14N2.2C2H6/c1-3-9(7-11-5-1)10-4-2-6-12-8-10;2*1-2/h1,3,5,7,10,12H,2,4,6,8H2;2*1-2H3. The number of hydrogen-bond acceptors (Lipinski definition) is 2. The van der Waals surface area contributed by atoms with Gasteiger partial charge in [-0.05, 0) is 36.9 Å². The number of piperidine rings is 1. The molecule has 1 aliphatic heterocycles. The molecular weight excluding hydrogens is 196 g/mol. The van der Waals surface area contributed by atoms with E-state index in [0.717, 1.165) is 6.54 Å². The van der Waals surface area contributed by atoms with Crippen LogP contribution in [0.1, 0.15) is 52.0 Å². The largest absolute Gasteiger partial charge is 0.316 e. The molecule has 0 radical (unpaired) electrons. The van der Waals surface area contributed by atoms with E-state index in [4.69, 9.17) is 0 Å². The molecule has 0 aromatic carbocycles. The van der Waals surface area contributed by atoms with Crippen LogP contribution in [-0.2, 0) is 0 Å². The number of nitrogens with zero attached hydrogens (tertiary/aromatic N) is 1. The maximum Gasteiger partial charge on any atom is 0.0303 e. The van der Waals surface area contributed by atoms with Crippen molar-refractivity contribution in [1.82, 2.24) is 10.3 Å². The van der Waals surface area contributed by atoms with Gasteiger partial charge in [0.1, 0.15) is 0 Å². The third kappa shape index (κ3) is 5.26. The molecule has 0 bridgehead atoms. The van der Waals surface area contributed by atoms with Gasteiger partial charge in [0.15, 0.2) is 0 Å². The predicted octanol–water partition coefficient (Wildman–Crippen LogP) is 3.60. The van der Waals surface area contributed by atoms with Crippen molar-refractivity contribution in [2.45, 2.75) is 46.5 Å². The summed E-state index contributed by atoms with van der Waals surface area (Å²) in [7, 11) is 0. The van der Waals surface area contributed by atoms with Crippen molar-refractivity contribution in [2.75, 3.05) is 13.1 Å². The van der Waals surface area contributed by atoms with Crippen LogP contribution >= 0.6 is 0 Å². The minimum absolute atomic E-state index is 0.687.